The van der Waals surface area contributed by atoms with Crippen molar-refractivity contribution in [3.8, 4) is 0 Å². The minimum Gasteiger partial charge on any atom is -0.469 e. The van der Waals surface area contributed by atoms with Crippen LogP contribution in [-0.4, -0.2) is 18.1 Å². The van der Waals surface area contributed by atoms with E-state index in [4.69, 9.17) is 0 Å². The number of aromatic nitrogens is 1. The predicted molar refractivity (Wildman–Crippen MR) is 65.2 cm³/mol. The summed E-state index contributed by atoms with van der Waals surface area (Å²) in [6, 6.07) is 0. The molecule has 1 heterocycles. The molecule has 0 saturated heterocycles. The van der Waals surface area contributed by atoms with E-state index >= 15 is 0 Å². The molecular formula is C10H9Br2F2NO2. The van der Waals surface area contributed by atoms with E-state index in [0.717, 1.165) is 6.20 Å². The monoisotopic (exact) mass is 371 g/mol. The third kappa shape index (κ3) is 3.45. The van der Waals surface area contributed by atoms with Crippen molar-refractivity contribution in [2.45, 2.75) is 18.2 Å². The molecule has 0 aliphatic rings. The average molecular weight is 373 g/mol. The molecule has 0 aliphatic carbocycles. The number of methoxy groups -OCH3 is 1. The second-order valence-electron chi connectivity index (χ2n) is 3.14. The highest BCUT2D eigenvalue weighted by Crippen LogP contribution is 2.32. The third-order valence-corrected chi connectivity index (χ3v) is 3.63. The van der Waals surface area contributed by atoms with Gasteiger partial charge in [0.25, 0.3) is 6.43 Å². The van der Waals surface area contributed by atoms with Crippen LogP contribution in [0.4, 0.5) is 8.78 Å². The Balaban J connectivity index is 3.16. The second kappa shape index (κ2) is 6.39. The van der Waals surface area contributed by atoms with Crippen LogP contribution < -0.4 is 0 Å². The first-order chi connectivity index (χ1) is 8.01. The van der Waals surface area contributed by atoms with Crippen molar-refractivity contribution in [2.75, 3.05) is 7.11 Å². The molecule has 0 saturated carbocycles. The number of nitrogens with zero attached hydrogens (tertiary/aromatic N) is 1. The van der Waals surface area contributed by atoms with Crippen LogP contribution in [-0.2, 0) is 21.3 Å². The molecule has 17 heavy (non-hydrogen) atoms. The van der Waals surface area contributed by atoms with Gasteiger partial charge in [0, 0.05) is 16.0 Å². The molecule has 0 bridgehead atoms. The van der Waals surface area contributed by atoms with Crippen molar-refractivity contribution < 1.29 is 18.3 Å². The smallest absolute Gasteiger partial charge is 0.311 e. The molecular weight excluding hydrogens is 364 g/mol. The first-order valence-electron chi connectivity index (χ1n) is 4.58. The molecule has 0 amide bonds. The van der Waals surface area contributed by atoms with Crippen molar-refractivity contribution in [3.05, 3.63) is 27.5 Å². The number of alkyl halides is 3. The normalized spacial score (nSPS) is 10.7. The molecule has 0 aromatic carbocycles. The molecule has 1 aromatic heterocycles. The van der Waals surface area contributed by atoms with Crippen LogP contribution in [0.15, 0.2) is 10.7 Å². The van der Waals surface area contributed by atoms with Crippen molar-refractivity contribution in [1.82, 2.24) is 4.98 Å². The number of pyridine rings is 1. The van der Waals surface area contributed by atoms with E-state index in [1.165, 1.54) is 7.11 Å². The van der Waals surface area contributed by atoms with Crippen LogP contribution in [0.1, 0.15) is 23.2 Å². The summed E-state index contributed by atoms with van der Waals surface area (Å²) in [7, 11) is 1.26. The summed E-state index contributed by atoms with van der Waals surface area (Å²) in [4.78, 5) is 15.0. The highest BCUT2D eigenvalue weighted by atomic mass is 79.9. The van der Waals surface area contributed by atoms with Crippen molar-refractivity contribution in [3.63, 3.8) is 0 Å². The van der Waals surface area contributed by atoms with E-state index < -0.39 is 12.4 Å². The van der Waals surface area contributed by atoms with Crippen molar-refractivity contribution >= 4 is 37.8 Å². The molecule has 0 fully saturated rings. The minimum absolute atomic E-state index is 0.0421. The van der Waals surface area contributed by atoms with Gasteiger partial charge < -0.3 is 4.74 Å². The zero-order chi connectivity index (χ0) is 13.0. The lowest BCUT2D eigenvalue weighted by Gasteiger charge is -2.11. The summed E-state index contributed by atoms with van der Waals surface area (Å²) in [6.07, 6.45) is -1.58. The van der Waals surface area contributed by atoms with E-state index in [2.05, 4.69) is 41.6 Å². The molecule has 0 unspecified atom stereocenters. The summed E-state index contributed by atoms with van der Waals surface area (Å²) in [5.41, 5.74) is 0.770. The summed E-state index contributed by atoms with van der Waals surface area (Å²) < 4.78 is 30.0. The van der Waals surface area contributed by atoms with Gasteiger partial charge in [-0.3, -0.25) is 9.78 Å². The Kier molecular flexibility index (Phi) is 5.45. The lowest BCUT2D eigenvalue weighted by molar-refractivity contribution is -0.139. The van der Waals surface area contributed by atoms with Gasteiger partial charge in [0.05, 0.1) is 24.8 Å². The predicted octanol–water partition coefficient (Wildman–Crippen LogP) is 3.39. The minimum atomic E-state index is -2.61. The fourth-order valence-electron chi connectivity index (χ4n) is 1.23. The van der Waals surface area contributed by atoms with Crippen molar-refractivity contribution in [1.29, 1.82) is 0 Å². The van der Waals surface area contributed by atoms with E-state index in [9.17, 15) is 13.6 Å². The summed E-state index contributed by atoms with van der Waals surface area (Å²) in [5.74, 6) is -0.462. The van der Waals surface area contributed by atoms with E-state index in [0.29, 0.717) is 16.6 Å². The highest BCUT2D eigenvalue weighted by molar-refractivity contribution is 9.10. The largest absolute Gasteiger partial charge is 0.469 e. The number of rotatable bonds is 4. The maximum atomic E-state index is 12.6. The van der Waals surface area contributed by atoms with E-state index in [1.807, 2.05) is 0 Å². The van der Waals surface area contributed by atoms with Crippen molar-refractivity contribution in [2.24, 2.45) is 0 Å². The lowest BCUT2D eigenvalue weighted by atomic mass is 10.1. The standard InChI is InChI=1S/C10H9Br2F2NO2/c1-17-8(16)2-7-5(3-11)9(12)6(4-15-7)10(13)14/h4,10H,2-3H2,1H3. The first-order valence-corrected chi connectivity index (χ1v) is 6.49. The number of ether oxygens (including phenoxy) is 1. The van der Waals surface area contributed by atoms with E-state index in [-0.39, 0.29) is 16.5 Å². The zero-order valence-corrected chi connectivity index (χ0v) is 12.0. The number of carbonyl (C=O) groups excluding carboxylic acids is 1. The van der Waals surface area contributed by atoms with Gasteiger partial charge >= 0.3 is 5.97 Å². The van der Waals surface area contributed by atoms with Gasteiger partial charge in [0.2, 0.25) is 0 Å². The number of halogens is 4. The fourth-order valence-corrected chi connectivity index (χ4v) is 2.86. The van der Waals surface area contributed by atoms with Gasteiger partial charge in [-0.15, -0.1) is 0 Å². The molecule has 1 rings (SSSR count). The Bertz CT molecular complexity index is 427. The quantitative estimate of drug-likeness (QED) is 0.600. The first kappa shape index (κ1) is 14.5. The Hall–Kier alpha value is -0.560. The molecule has 0 N–H and O–H groups in total. The molecule has 0 radical (unpaired) electrons. The Morgan fingerprint density at radius 2 is 2.24 bits per heavy atom. The fraction of sp³-hybridized carbons (Fsp3) is 0.400. The molecule has 3 nitrogen and oxygen atoms in total. The van der Waals surface area contributed by atoms with Gasteiger partial charge in [0.15, 0.2) is 0 Å². The van der Waals surface area contributed by atoms with Crippen LogP contribution in [0, 0.1) is 0 Å². The Morgan fingerprint density at radius 3 is 2.71 bits per heavy atom. The Labute approximate surface area is 114 Å². The topological polar surface area (TPSA) is 39.2 Å². The summed E-state index contributed by atoms with van der Waals surface area (Å²) in [6.45, 7) is 0. The molecule has 0 aliphatic heterocycles. The average Bonchev–Trinajstić information content (AvgIpc) is 2.28. The third-order valence-electron chi connectivity index (χ3n) is 2.13. The Morgan fingerprint density at radius 1 is 1.59 bits per heavy atom. The van der Waals surface area contributed by atoms with Gasteiger partial charge in [-0.2, -0.15) is 0 Å². The maximum Gasteiger partial charge on any atom is 0.311 e. The van der Waals surface area contributed by atoms with Crippen LogP contribution in [0.25, 0.3) is 0 Å². The van der Waals surface area contributed by atoms with E-state index in [1.54, 1.807) is 0 Å². The molecule has 0 atom stereocenters. The lowest BCUT2D eigenvalue weighted by Crippen LogP contribution is -2.10. The van der Waals surface area contributed by atoms with Gasteiger partial charge in [-0.25, -0.2) is 8.78 Å². The van der Waals surface area contributed by atoms with Gasteiger partial charge in [-0.1, -0.05) is 15.9 Å². The summed E-state index contributed by atoms with van der Waals surface area (Å²) >= 11 is 6.29. The number of hydrogen-bond donors (Lipinski definition) is 0. The number of hydrogen-bond acceptors (Lipinski definition) is 3. The second-order valence-corrected chi connectivity index (χ2v) is 4.49. The van der Waals surface area contributed by atoms with Gasteiger partial charge in [-0.05, 0) is 21.5 Å². The zero-order valence-electron chi connectivity index (χ0n) is 8.84. The number of carbonyl (C=O) groups is 1. The molecule has 7 heteroatoms. The van der Waals surface area contributed by atoms with Crippen LogP contribution >= 0.6 is 31.9 Å². The summed E-state index contributed by atoms with van der Waals surface area (Å²) in [5, 5.41) is 0.327. The van der Waals surface area contributed by atoms with Crippen LogP contribution in [0.5, 0.6) is 0 Å². The highest BCUT2D eigenvalue weighted by Gasteiger charge is 2.19. The molecule has 94 valence electrons. The van der Waals surface area contributed by atoms with Crippen LogP contribution in [0.3, 0.4) is 0 Å². The van der Waals surface area contributed by atoms with Gasteiger partial charge in [0.1, 0.15) is 0 Å². The van der Waals surface area contributed by atoms with Crippen LogP contribution in [0.2, 0.25) is 0 Å². The molecule has 0 spiro atoms. The SMILES string of the molecule is COC(=O)Cc1ncc(C(F)F)c(Br)c1CBr. The number of esters is 1. The molecule has 1 aromatic rings. The maximum absolute atomic E-state index is 12.6.